The summed E-state index contributed by atoms with van der Waals surface area (Å²) in [6, 6.07) is 2.16. The molecular weight excluding hydrogens is 368 g/mol. The minimum Gasteiger partial charge on any atom is -0.414 e. The predicted octanol–water partition coefficient (Wildman–Crippen LogP) is 5.66. The molecule has 3 nitrogen and oxygen atoms in total. The molecule has 5 atom stereocenters. The highest BCUT2D eigenvalue weighted by Crippen LogP contribution is 2.63. The summed E-state index contributed by atoms with van der Waals surface area (Å²) in [5.74, 6) is 1.25. The number of ether oxygens (including phenoxy) is 1. The Hall–Kier alpha value is -0.206. The van der Waals surface area contributed by atoms with Crippen LogP contribution in [0.2, 0.25) is 38.3 Å². The molecule has 2 aliphatic carbocycles. The lowest BCUT2D eigenvalue weighted by Gasteiger charge is -2.50. The minimum atomic E-state index is -1.78. The Balaban J connectivity index is 1.67. The second-order valence-electron chi connectivity index (χ2n) is 10.6. The molecule has 0 amide bonds. The van der Waals surface area contributed by atoms with Crippen molar-refractivity contribution >= 4 is 16.6 Å². The Labute approximate surface area is 167 Å². The fraction of sp³-hybridized carbons (Fsp3) is 0.818. The van der Waals surface area contributed by atoms with E-state index in [0.717, 1.165) is 38.0 Å². The standard InChI is InChI=1S/C22H38O3Si2/c1-6-14-27(4,5)25-21-12-13-23-22(21)11-10-19-16-20(22)18(17-21)9-7-8-15-26(2,3)24-19/h6-8,18-20H,1,9-17H2,2-5H3/t18-,19+,20+,21-,22-/m1/s1. The van der Waals surface area contributed by atoms with E-state index in [4.69, 9.17) is 13.6 Å². The molecule has 0 aromatic rings. The van der Waals surface area contributed by atoms with E-state index in [-0.39, 0.29) is 11.2 Å². The molecule has 0 unspecified atom stereocenters. The van der Waals surface area contributed by atoms with Crippen LogP contribution in [0.1, 0.15) is 38.5 Å². The van der Waals surface area contributed by atoms with Gasteiger partial charge < -0.3 is 13.6 Å². The van der Waals surface area contributed by atoms with E-state index in [1.54, 1.807) is 0 Å². The zero-order valence-corrected chi connectivity index (χ0v) is 19.8. The van der Waals surface area contributed by atoms with Crippen LogP contribution in [0.3, 0.4) is 0 Å². The quantitative estimate of drug-likeness (QED) is 0.445. The molecule has 2 saturated carbocycles. The van der Waals surface area contributed by atoms with Crippen molar-refractivity contribution in [1.29, 1.82) is 0 Å². The minimum absolute atomic E-state index is 0.0678. The average molecular weight is 407 g/mol. The summed E-state index contributed by atoms with van der Waals surface area (Å²) in [6.07, 6.45) is 14.2. The molecule has 0 aromatic heterocycles. The van der Waals surface area contributed by atoms with Gasteiger partial charge in [-0.3, -0.25) is 0 Å². The van der Waals surface area contributed by atoms with Gasteiger partial charge in [0, 0.05) is 12.5 Å². The molecule has 2 heterocycles. The van der Waals surface area contributed by atoms with E-state index >= 15 is 0 Å². The van der Waals surface area contributed by atoms with Gasteiger partial charge in [-0.2, -0.15) is 0 Å². The highest BCUT2D eigenvalue weighted by molar-refractivity contribution is 6.72. The molecule has 0 radical (unpaired) electrons. The molecule has 3 fully saturated rings. The summed E-state index contributed by atoms with van der Waals surface area (Å²) in [5, 5.41) is 0. The van der Waals surface area contributed by atoms with E-state index in [9.17, 15) is 0 Å². The second-order valence-corrected chi connectivity index (χ2v) is 18.9. The van der Waals surface area contributed by atoms with Crippen molar-refractivity contribution in [3.63, 3.8) is 0 Å². The average Bonchev–Trinajstić information content (AvgIpc) is 3.00. The number of hydrogen-bond donors (Lipinski definition) is 0. The predicted molar refractivity (Wildman–Crippen MR) is 116 cm³/mol. The van der Waals surface area contributed by atoms with E-state index in [1.807, 2.05) is 0 Å². The molecule has 152 valence electrons. The Morgan fingerprint density at radius 1 is 1.30 bits per heavy atom. The van der Waals surface area contributed by atoms with Crippen LogP contribution in [0.4, 0.5) is 0 Å². The fourth-order valence-corrected chi connectivity index (χ4v) is 10.8. The van der Waals surface area contributed by atoms with Gasteiger partial charge >= 0.3 is 0 Å². The summed E-state index contributed by atoms with van der Waals surface area (Å²) >= 11 is 0. The van der Waals surface area contributed by atoms with Crippen LogP contribution in [-0.2, 0) is 13.6 Å². The maximum atomic E-state index is 7.13. The molecule has 1 saturated heterocycles. The Morgan fingerprint density at radius 3 is 2.89 bits per heavy atom. The van der Waals surface area contributed by atoms with Gasteiger partial charge in [-0.25, -0.2) is 0 Å². The zero-order valence-electron chi connectivity index (χ0n) is 17.8. The summed E-state index contributed by atoms with van der Waals surface area (Å²) in [4.78, 5) is 0. The van der Waals surface area contributed by atoms with Crippen molar-refractivity contribution in [1.82, 2.24) is 0 Å². The van der Waals surface area contributed by atoms with Gasteiger partial charge in [0.05, 0.1) is 17.8 Å². The smallest absolute Gasteiger partial charge is 0.191 e. The van der Waals surface area contributed by atoms with Crippen molar-refractivity contribution in [3.05, 3.63) is 24.8 Å². The van der Waals surface area contributed by atoms with E-state index in [1.165, 1.54) is 19.3 Å². The molecule has 2 aliphatic heterocycles. The van der Waals surface area contributed by atoms with Crippen LogP contribution in [0.25, 0.3) is 0 Å². The van der Waals surface area contributed by atoms with Gasteiger partial charge in [-0.1, -0.05) is 18.2 Å². The summed E-state index contributed by atoms with van der Waals surface area (Å²) in [5.41, 5.74) is -0.136. The van der Waals surface area contributed by atoms with E-state index in [0.29, 0.717) is 17.9 Å². The third-order valence-electron chi connectivity index (χ3n) is 7.56. The first kappa shape index (κ1) is 20.1. The van der Waals surface area contributed by atoms with Crippen LogP contribution in [-0.4, -0.2) is 40.5 Å². The molecule has 0 aromatic carbocycles. The van der Waals surface area contributed by atoms with Crippen molar-refractivity contribution in [3.8, 4) is 0 Å². The molecule has 1 spiro atoms. The Kier molecular flexibility index (Phi) is 5.16. The number of allylic oxidation sites excluding steroid dienone is 3. The van der Waals surface area contributed by atoms with Crippen LogP contribution in [0, 0.1) is 11.8 Å². The molecule has 5 heteroatoms. The van der Waals surface area contributed by atoms with Crippen molar-refractivity contribution in [2.45, 2.75) is 94.1 Å². The number of hydrogen-bond acceptors (Lipinski definition) is 3. The molecule has 27 heavy (non-hydrogen) atoms. The van der Waals surface area contributed by atoms with E-state index < -0.39 is 16.6 Å². The Morgan fingerprint density at radius 2 is 2.11 bits per heavy atom. The topological polar surface area (TPSA) is 27.7 Å². The van der Waals surface area contributed by atoms with E-state index in [2.05, 4.69) is 51.0 Å². The SMILES string of the molecule is C=CC[Si](C)(C)O[C@@]12CCO[C@@]13CC[C@H]1C[C@H]3[C@H](CC=CC[Si](C)(C)O1)C2. The highest BCUT2D eigenvalue weighted by atomic mass is 28.4. The zero-order chi connectivity index (χ0) is 19.3. The third-order valence-corrected chi connectivity index (χ3v) is 12.0. The van der Waals surface area contributed by atoms with Crippen molar-refractivity contribution in [2.24, 2.45) is 11.8 Å². The first-order chi connectivity index (χ1) is 12.7. The third kappa shape index (κ3) is 3.48. The highest BCUT2D eigenvalue weighted by Gasteiger charge is 2.69. The Bertz CT molecular complexity index is 617. The summed E-state index contributed by atoms with van der Waals surface area (Å²) in [6.45, 7) is 14.3. The molecular formula is C22H38O3Si2. The largest absolute Gasteiger partial charge is 0.414 e. The van der Waals surface area contributed by atoms with Gasteiger partial charge in [0.1, 0.15) is 0 Å². The first-order valence-electron chi connectivity index (χ1n) is 11.0. The lowest BCUT2D eigenvalue weighted by Crippen LogP contribution is -2.59. The van der Waals surface area contributed by atoms with Gasteiger partial charge in [0.15, 0.2) is 16.6 Å². The van der Waals surface area contributed by atoms with Crippen LogP contribution >= 0.6 is 0 Å². The van der Waals surface area contributed by atoms with Crippen molar-refractivity contribution in [2.75, 3.05) is 6.61 Å². The molecule has 2 bridgehead atoms. The number of rotatable bonds is 4. The van der Waals surface area contributed by atoms with Crippen LogP contribution < -0.4 is 0 Å². The van der Waals surface area contributed by atoms with Gasteiger partial charge in [0.2, 0.25) is 0 Å². The van der Waals surface area contributed by atoms with Crippen molar-refractivity contribution < 1.29 is 13.6 Å². The normalized spacial score (nSPS) is 43.3. The van der Waals surface area contributed by atoms with Crippen LogP contribution in [0.5, 0.6) is 0 Å². The first-order valence-corrected chi connectivity index (χ1v) is 17.2. The second kappa shape index (κ2) is 6.94. The van der Waals surface area contributed by atoms with Gasteiger partial charge in [0.25, 0.3) is 0 Å². The monoisotopic (exact) mass is 406 g/mol. The molecule has 4 rings (SSSR count). The number of fused-ring (bicyclic) bond motifs is 1. The summed E-state index contributed by atoms with van der Waals surface area (Å²) in [7, 11) is -3.38. The van der Waals surface area contributed by atoms with Gasteiger partial charge in [-0.05, 0) is 82.2 Å². The molecule has 4 aliphatic rings. The summed E-state index contributed by atoms with van der Waals surface area (Å²) < 4.78 is 20.5. The van der Waals surface area contributed by atoms with Crippen LogP contribution in [0.15, 0.2) is 24.8 Å². The maximum absolute atomic E-state index is 7.13. The lowest BCUT2D eigenvalue weighted by molar-refractivity contribution is -0.146. The maximum Gasteiger partial charge on any atom is 0.191 e. The lowest BCUT2D eigenvalue weighted by atomic mass is 9.69. The van der Waals surface area contributed by atoms with Gasteiger partial charge in [-0.15, -0.1) is 6.58 Å². The fourth-order valence-electron chi connectivity index (χ4n) is 6.64. The molecule has 0 N–H and O–H groups in total.